The number of guanidine groups is 1. The van der Waals surface area contributed by atoms with Gasteiger partial charge in [-0.1, -0.05) is 38.1 Å². The monoisotopic (exact) mass is 419 g/mol. The lowest BCUT2D eigenvalue weighted by atomic mass is 10.1. The summed E-state index contributed by atoms with van der Waals surface area (Å²) >= 11 is 0. The van der Waals surface area contributed by atoms with E-state index < -0.39 is 0 Å². The maximum absolute atomic E-state index is 5.51. The molecule has 1 aromatic rings. The van der Waals surface area contributed by atoms with Gasteiger partial charge in [0.05, 0.1) is 6.61 Å². The van der Waals surface area contributed by atoms with Crippen molar-refractivity contribution in [3.63, 3.8) is 0 Å². The fourth-order valence-electron chi connectivity index (χ4n) is 1.96. The van der Waals surface area contributed by atoms with Crippen LogP contribution in [-0.4, -0.2) is 26.2 Å². The number of nitrogens with zero attached hydrogens (tertiary/aromatic N) is 1. The third-order valence-corrected chi connectivity index (χ3v) is 3.26. The number of benzene rings is 1. The van der Waals surface area contributed by atoms with Gasteiger partial charge in [0.1, 0.15) is 0 Å². The van der Waals surface area contributed by atoms with Crippen LogP contribution < -0.4 is 10.6 Å². The molecule has 0 saturated heterocycles. The summed E-state index contributed by atoms with van der Waals surface area (Å²) in [6, 6.07) is 8.35. The van der Waals surface area contributed by atoms with Gasteiger partial charge in [0.2, 0.25) is 0 Å². The fourth-order valence-corrected chi connectivity index (χ4v) is 1.96. The van der Waals surface area contributed by atoms with Crippen molar-refractivity contribution in [2.24, 2.45) is 10.9 Å². The van der Waals surface area contributed by atoms with E-state index in [2.05, 4.69) is 47.7 Å². The van der Waals surface area contributed by atoms with Gasteiger partial charge in [-0.2, -0.15) is 0 Å². The predicted molar refractivity (Wildman–Crippen MR) is 105 cm³/mol. The summed E-state index contributed by atoms with van der Waals surface area (Å²) in [4.78, 5) is 4.25. The second-order valence-electron chi connectivity index (χ2n) is 5.44. The number of ether oxygens (including phenoxy) is 1. The van der Waals surface area contributed by atoms with Gasteiger partial charge in [-0.05, 0) is 30.4 Å². The summed E-state index contributed by atoms with van der Waals surface area (Å²) in [5.41, 5.74) is 2.47. The largest absolute Gasteiger partial charge is 0.377 e. The van der Waals surface area contributed by atoms with E-state index in [9.17, 15) is 0 Å². The molecule has 0 spiro atoms. The summed E-state index contributed by atoms with van der Waals surface area (Å²) in [5.74, 6) is 1.55. The second kappa shape index (κ2) is 12.7. The van der Waals surface area contributed by atoms with E-state index in [1.165, 1.54) is 11.1 Å². The van der Waals surface area contributed by atoms with Crippen LogP contribution in [0.4, 0.5) is 0 Å². The Hall–Kier alpha value is -0.820. The Morgan fingerprint density at radius 2 is 1.86 bits per heavy atom. The second-order valence-corrected chi connectivity index (χ2v) is 5.44. The highest BCUT2D eigenvalue weighted by Crippen LogP contribution is 2.09. The molecule has 0 saturated carbocycles. The molecule has 5 heteroatoms. The van der Waals surface area contributed by atoms with E-state index >= 15 is 0 Å². The lowest BCUT2D eigenvalue weighted by Gasteiger charge is -2.15. The number of hydrogen-bond donors (Lipinski definition) is 2. The molecule has 0 fully saturated rings. The molecular formula is C17H30IN3O. The fraction of sp³-hybridized carbons (Fsp3) is 0.588. The Kier molecular flexibility index (Phi) is 12.2. The van der Waals surface area contributed by atoms with Gasteiger partial charge < -0.3 is 15.4 Å². The molecule has 126 valence electrons. The van der Waals surface area contributed by atoms with Gasteiger partial charge in [-0.25, -0.2) is 0 Å². The number of halogens is 1. The van der Waals surface area contributed by atoms with Crippen LogP contribution in [0.25, 0.3) is 0 Å². The quantitative estimate of drug-likeness (QED) is 0.385. The minimum absolute atomic E-state index is 0. The van der Waals surface area contributed by atoms with Crippen molar-refractivity contribution in [3.8, 4) is 0 Å². The highest BCUT2D eigenvalue weighted by Gasteiger charge is 2.03. The molecule has 0 aliphatic carbocycles. The zero-order valence-electron chi connectivity index (χ0n) is 14.2. The minimum Gasteiger partial charge on any atom is -0.377 e. The average Bonchev–Trinajstić information content (AvgIpc) is 2.49. The molecule has 4 nitrogen and oxygen atoms in total. The van der Waals surface area contributed by atoms with Crippen LogP contribution in [0, 0.1) is 5.92 Å². The smallest absolute Gasteiger partial charge is 0.191 e. The van der Waals surface area contributed by atoms with Crippen LogP contribution in [-0.2, 0) is 17.9 Å². The highest BCUT2D eigenvalue weighted by atomic mass is 127. The first-order valence-electron chi connectivity index (χ1n) is 7.76. The molecule has 0 radical (unpaired) electrons. The maximum atomic E-state index is 5.51. The number of rotatable bonds is 8. The van der Waals surface area contributed by atoms with Crippen molar-refractivity contribution in [1.29, 1.82) is 0 Å². The van der Waals surface area contributed by atoms with E-state index in [1.54, 1.807) is 7.05 Å². The van der Waals surface area contributed by atoms with Crippen molar-refractivity contribution >= 4 is 29.9 Å². The Morgan fingerprint density at radius 3 is 2.45 bits per heavy atom. The molecule has 22 heavy (non-hydrogen) atoms. The minimum atomic E-state index is 0. The Balaban J connectivity index is 0.00000441. The normalized spacial score (nSPS) is 11.2. The molecule has 0 aliphatic heterocycles. The predicted octanol–water partition coefficient (Wildman–Crippen LogP) is 3.55. The average molecular weight is 419 g/mol. The molecule has 1 aromatic carbocycles. The first-order valence-corrected chi connectivity index (χ1v) is 7.76. The van der Waals surface area contributed by atoms with Crippen LogP contribution >= 0.6 is 24.0 Å². The van der Waals surface area contributed by atoms with Crippen LogP contribution in [0.15, 0.2) is 29.3 Å². The zero-order chi connectivity index (χ0) is 15.5. The Labute approximate surface area is 152 Å². The third kappa shape index (κ3) is 8.58. The third-order valence-electron chi connectivity index (χ3n) is 3.26. The summed E-state index contributed by atoms with van der Waals surface area (Å²) in [7, 11) is 1.80. The lowest BCUT2D eigenvalue weighted by molar-refractivity contribution is 0.133. The van der Waals surface area contributed by atoms with Gasteiger partial charge in [-0.15, -0.1) is 24.0 Å². The zero-order valence-corrected chi connectivity index (χ0v) is 16.5. The SMILES string of the molecule is CCOCc1ccccc1CNC(=NC)NCCC(C)C.I. The van der Waals surface area contributed by atoms with E-state index in [-0.39, 0.29) is 24.0 Å². The molecule has 0 heterocycles. The summed E-state index contributed by atoms with van der Waals surface area (Å²) in [5, 5.41) is 6.70. The first-order chi connectivity index (χ1) is 10.2. The van der Waals surface area contributed by atoms with Gasteiger partial charge in [0.15, 0.2) is 5.96 Å². The van der Waals surface area contributed by atoms with Gasteiger partial charge in [0, 0.05) is 26.7 Å². The maximum Gasteiger partial charge on any atom is 0.191 e. The van der Waals surface area contributed by atoms with E-state index in [0.29, 0.717) is 12.5 Å². The number of hydrogen-bond acceptors (Lipinski definition) is 2. The van der Waals surface area contributed by atoms with Gasteiger partial charge >= 0.3 is 0 Å². The van der Waals surface area contributed by atoms with Crippen molar-refractivity contribution in [3.05, 3.63) is 35.4 Å². The topological polar surface area (TPSA) is 45.6 Å². The van der Waals surface area contributed by atoms with Crippen LogP contribution in [0.1, 0.15) is 38.3 Å². The van der Waals surface area contributed by atoms with Crippen LogP contribution in [0.5, 0.6) is 0 Å². The Bertz CT molecular complexity index is 436. The van der Waals surface area contributed by atoms with Crippen molar-refractivity contribution in [2.75, 3.05) is 20.2 Å². The van der Waals surface area contributed by atoms with Crippen molar-refractivity contribution in [2.45, 2.75) is 40.3 Å². The van der Waals surface area contributed by atoms with Crippen molar-refractivity contribution in [1.82, 2.24) is 10.6 Å². The van der Waals surface area contributed by atoms with Gasteiger partial charge in [-0.3, -0.25) is 4.99 Å². The summed E-state index contributed by atoms with van der Waals surface area (Å²) < 4.78 is 5.51. The molecule has 0 bridgehead atoms. The van der Waals surface area contributed by atoms with E-state index in [0.717, 1.165) is 32.1 Å². The van der Waals surface area contributed by atoms with E-state index in [4.69, 9.17) is 4.74 Å². The molecule has 0 unspecified atom stereocenters. The standard InChI is InChI=1S/C17H29N3O.HI/c1-5-21-13-16-9-7-6-8-15(16)12-20-17(18-4)19-11-10-14(2)3;/h6-9,14H,5,10-13H2,1-4H3,(H2,18,19,20);1H. The molecule has 1 rings (SSSR count). The Morgan fingerprint density at radius 1 is 1.18 bits per heavy atom. The summed E-state index contributed by atoms with van der Waals surface area (Å²) in [6.45, 7) is 9.56. The van der Waals surface area contributed by atoms with Crippen LogP contribution in [0.3, 0.4) is 0 Å². The van der Waals surface area contributed by atoms with E-state index in [1.807, 2.05) is 13.0 Å². The highest BCUT2D eigenvalue weighted by molar-refractivity contribution is 14.0. The summed E-state index contributed by atoms with van der Waals surface area (Å²) in [6.07, 6.45) is 1.14. The molecule has 2 N–H and O–H groups in total. The van der Waals surface area contributed by atoms with Gasteiger partial charge in [0.25, 0.3) is 0 Å². The molecule has 0 aliphatic rings. The molecule has 0 amide bonds. The van der Waals surface area contributed by atoms with Crippen LogP contribution in [0.2, 0.25) is 0 Å². The van der Waals surface area contributed by atoms with Crippen molar-refractivity contribution < 1.29 is 4.74 Å². The number of nitrogens with one attached hydrogen (secondary N) is 2. The molecule has 0 aromatic heterocycles. The number of aliphatic imine (C=N–C) groups is 1. The molecule has 0 atom stereocenters. The first kappa shape index (κ1) is 21.2. The lowest BCUT2D eigenvalue weighted by Crippen LogP contribution is -2.37. The molecular weight excluding hydrogens is 389 g/mol.